The average molecular weight is 341 g/mol. The van der Waals surface area contributed by atoms with Crippen molar-refractivity contribution in [1.29, 1.82) is 0 Å². The molecule has 3 nitrogen and oxygen atoms in total. The maximum Gasteiger partial charge on any atom is 0.248 e. The van der Waals surface area contributed by atoms with E-state index in [0.717, 1.165) is 24.8 Å². The standard InChI is InChI=1S/C19H29ClO3/c1-15(17-14-18(17)16(2)19(20)21)12-10-8-6-4-5-7-9-11-13-23-22-3/h10,12H,4-9,11,13-14H2,1-3H3/b12-10+,17-15+,18-16-. The van der Waals surface area contributed by atoms with Crippen LogP contribution in [0.1, 0.15) is 65.2 Å². The van der Waals surface area contributed by atoms with Gasteiger partial charge in [-0.25, -0.2) is 9.78 Å². The first-order chi connectivity index (χ1) is 11.1. The molecule has 23 heavy (non-hydrogen) atoms. The fourth-order valence-corrected chi connectivity index (χ4v) is 2.68. The number of halogens is 1. The normalized spacial score (nSPS) is 18.4. The summed E-state index contributed by atoms with van der Waals surface area (Å²) >= 11 is 5.51. The molecule has 0 heterocycles. The molecular formula is C19H29ClO3. The summed E-state index contributed by atoms with van der Waals surface area (Å²) in [6.07, 6.45) is 13.8. The van der Waals surface area contributed by atoms with E-state index in [0.29, 0.717) is 12.2 Å². The zero-order valence-electron chi connectivity index (χ0n) is 14.6. The Morgan fingerprint density at radius 1 is 1.09 bits per heavy atom. The second-order valence-corrected chi connectivity index (χ2v) is 6.36. The molecule has 0 radical (unpaired) electrons. The first kappa shape index (κ1) is 20.1. The fourth-order valence-electron chi connectivity index (χ4n) is 2.56. The quantitative estimate of drug-likeness (QED) is 0.151. The summed E-state index contributed by atoms with van der Waals surface area (Å²) in [6, 6.07) is 0. The van der Waals surface area contributed by atoms with Gasteiger partial charge in [0.2, 0.25) is 5.24 Å². The van der Waals surface area contributed by atoms with Gasteiger partial charge in [-0.2, -0.15) is 0 Å². The van der Waals surface area contributed by atoms with Crippen LogP contribution >= 0.6 is 11.6 Å². The van der Waals surface area contributed by atoms with E-state index in [4.69, 9.17) is 16.5 Å². The lowest BCUT2D eigenvalue weighted by Crippen LogP contribution is -1.92. The molecule has 0 spiro atoms. The van der Waals surface area contributed by atoms with Gasteiger partial charge in [0.15, 0.2) is 0 Å². The Labute approximate surface area is 145 Å². The van der Waals surface area contributed by atoms with Gasteiger partial charge in [-0.3, -0.25) is 4.79 Å². The number of unbranched alkanes of at least 4 members (excludes halogenated alkanes) is 6. The number of allylic oxidation sites excluding steroid dienone is 6. The van der Waals surface area contributed by atoms with Crippen LogP contribution in [0.5, 0.6) is 0 Å². The third-order valence-corrected chi connectivity index (χ3v) is 4.43. The SMILES string of the molecule is COOCCCCCCCC/C=C/C(C)=C1\C\C1=C(/C)C(=O)Cl. The van der Waals surface area contributed by atoms with Gasteiger partial charge in [-0.05, 0) is 67.9 Å². The van der Waals surface area contributed by atoms with E-state index < -0.39 is 0 Å². The van der Waals surface area contributed by atoms with Gasteiger partial charge in [0.1, 0.15) is 0 Å². The predicted molar refractivity (Wildman–Crippen MR) is 95.3 cm³/mol. The van der Waals surface area contributed by atoms with Crippen molar-refractivity contribution in [3.8, 4) is 0 Å². The molecule has 4 heteroatoms. The van der Waals surface area contributed by atoms with E-state index in [9.17, 15) is 4.79 Å². The molecule has 0 aromatic carbocycles. The van der Waals surface area contributed by atoms with Gasteiger partial charge < -0.3 is 0 Å². The Balaban J connectivity index is 2.09. The number of hydrogen-bond acceptors (Lipinski definition) is 3. The first-order valence-electron chi connectivity index (χ1n) is 8.49. The van der Waals surface area contributed by atoms with Gasteiger partial charge in [0, 0.05) is 5.57 Å². The summed E-state index contributed by atoms with van der Waals surface area (Å²) < 4.78 is 0. The molecule has 0 atom stereocenters. The summed E-state index contributed by atoms with van der Waals surface area (Å²) in [6.45, 7) is 4.60. The van der Waals surface area contributed by atoms with Gasteiger partial charge in [-0.1, -0.05) is 37.8 Å². The maximum absolute atomic E-state index is 11.1. The van der Waals surface area contributed by atoms with Crippen LogP contribution in [0.25, 0.3) is 0 Å². The van der Waals surface area contributed by atoms with Crippen molar-refractivity contribution in [3.05, 3.63) is 34.4 Å². The maximum atomic E-state index is 11.1. The molecule has 1 aliphatic rings. The lowest BCUT2D eigenvalue weighted by atomic mass is 10.1. The average Bonchev–Trinajstić information content (AvgIpc) is 3.32. The highest BCUT2D eigenvalue weighted by Crippen LogP contribution is 2.42. The summed E-state index contributed by atoms with van der Waals surface area (Å²) in [5.74, 6) is 0. The third kappa shape index (κ3) is 8.50. The van der Waals surface area contributed by atoms with E-state index in [1.165, 1.54) is 43.3 Å². The lowest BCUT2D eigenvalue weighted by molar-refractivity contribution is -0.272. The molecule has 0 amide bonds. The van der Waals surface area contributed by atoms with Crippen molar-refractivity contribution in [3.63, 3.8) is 0 Å². The molecule has 0 aromatic rings. The Morgan fingerprint density at radius 3 is 2.39 bits per heavy atom. The minimum atomic E-state index is -0.333. The van der Waals surface area contributed by atoms with Gasteiger partial charge in [0.25, 0.3) is 0 Å². The van der Waals surface area contributed by atoms with Gasteiger partial charge in [-0.15, -0.1) is 0 Å². The third-order valence-electron chi connectivity index (χ3n) is 4.15. The minimum absolute atomic E-state index is 0.333. The number of carbonyl (C=O) groups excluding carboxylic acids is 1. The van der Waals surface area contributed by atoms with Crippen LogP contribution < -0.4 is 0 Å². The van der Waals surface area contributed by atoms with Crippen LogP contribution in [0.4, 0.5) is 0 Å². The number of hydrogen-bond donors (Lipinski definition) is 0. The molecule has 0 unspecified atom stereocenters. The van der Waals surface area contributed by atoms with Crippen molar-refractivity contribution >= 4 is 16.8 Å². The summed E-state index contributed by atoms with van der Waals surface area (Å²) in [5.41, 5.74) is 4.37. The molecule has 0 saturated heterocycles. The molecule has 1 saturated carbocycles. The number of carbonyl (C=O) groups is 1. The smallest absolute Gasteiger partial charge is 0.248 e. The summed E-state index contributed by atoms with van der Waals surface area (Å²) in [7, 11) is 1.55. The molecule has 1 aliphatic carbocycles. The Kier molecular flexibility index (Phi) is 10.2. The second kappa shape index (κ2) is 11.6. The van der Waals surface area contributed by atoms with E-state index >= 15 is 0 Å². The van der Waals surface area contributed by atoms with Gasteiger partial charge in [0.05, 0.1) is 13.7 Å². The fraction of sp³-hybridized carbons (Fsp3) is 0.632. The zero-order valence-corrected chi connectivity index (χ0v) is 15.4. The molecule has 0 bridgehead atoms. The largest absolute Gasteiger partial charge is 0.276 e. The van der Waals surface area contributed by atoms with Crippen LogP contribution in [-0.2, 0) is 14.6 Å². The summed E-state index contributed by atoms with van der Waals surface area (Å²) in [5, 5.41) is -0.333. The van der Waals surface area contributed by atoms with Crippen LogP contribution in [0, 0.1) is 0 Å². The molecule has 1 rings (SSSR count). The molecule has 130 valence electrons. The van der Waals surface area contributed by atoms with Crippen LogP contribution in [0.15, 0.2) is 34.4 Å². The topological polar surface area (TPSA) is 35.5 Å². The summed E-state index contributed by atoms with van der Waals surface area (Å²) in [4.78, 5) is 20.5. The van der Waals surface area contributed by atoms with Crippen molar-refractivity contribution in [2.75, 3.05) is 13.7 Å². The Morgan fingerprint density at radius 2 is 1.74 bits per heavy atom. The van der Waals surface area contributed by atoms with E-state index in [-0.39, 0.29) is 5.24 Å². The minimum Gasteiger partial charge on any atom is -0.276 e. The predicted octanol–water partition coefficient (Wildman–Crippen LogP) is 5.65. The highest BCUT2D eigenvalue weighted by molar-refractivity contribution is 6.67. The Hall–Kier alpha value is -0.900. The lowest BCUT2D eigenvalue weighted by Gasteiger charge is -2.01. The van der Waals surface area contributed by atoms with Crippen LogP contribution in [0.2, 0.25) is 0 Å². The van der Waals surface area contributed by atoms with Crippen molar-refractivity contribution in [1.82, 2.24) is 0 Å². The Bertz CT molecular complexity index is 475. The van der Waals surface area contributed by atoms with Gasteiger partial charge >= 0.3 is 0 Å². The molecular weight excluding hydrogens is 312 g/mol. The van der Waals surface area contributed by atoms with E-state index in [1.807, 2.05) is 0 Å². The monoisotopic (exact) mass is 340 g/mol. The highest BCUT2D eigenvalue weighted by Gasteiger charge is 2.27. The van der Waals surface area contributed by atoms with Crippen molar-refractivity contribution in [2.24, 2.45) is 0 Å². The number of rotatable bonds is 12. The van der Waals surface area contributed by atoms with Crippen LogP contribution in [-0.4, -0.2) is 19.0 Å². The van der Waals surface area contributed by atoms with Crippen molar-refractivity contribution in [2.45, 2.75) is 65.2 Å². The molecule has 0 aromatic heterocycles. The van der Waals surface area contributed by atoms with Crippen LogP contribution in [0.3, 0.4) is 0 Å². The second-order valence-electron chi connectivity index (χ2n) is 6.02. The zero-order chi connectivity index (χ0) is 17.1. The van der Waals surface area contributed by atoms with E-state index in [2.05, 4.69) is 24.0 Å². The molecule has 0 aliphatic heterocycles. The molecule has 1 fully saturated rings. The highest BCUT2D eigenvalue weighted by atomic mass is 35.5. The van der Waals surface area contributed by atoms with E-state index in [1.54, 1.807) is 14.0 Å². The first-order valence-corrected chi connectivity index (χ1v) is 8.87. The van der Waals surface area contributed by atoms with Crippen molar-refractivity contribution < 1.29 is 14.6 Å². The molecule has 0 N–H and O–H groups in total.